The number of nitrogens with two attached hydrogens (primary N) is 1. The van der Waals surface area contributed by atoms with Crippen molar-refractivity contribution in [3.63, 3.8) is 0 Å². The molecule has 1 rings (SSSR count). The van der Waals surface area contributed by atoms with Crippen molar-refractivity contribution in [3.8, 4) is 0 Å². The minimum absolute atomic E-state index is 0.00299. The molecule has 1 aromatic rings. The van der Waals surface area contributed by atoms with E-state index in [9.17, 15) is 4.79 Å². The molecule has 0 aliphatic rings. The largest absolute Gasteiger partial charge is 0.460 e. The van der Waals surface area contributed by atoms with E-state index >= 15 is 0 Å². The first-order valence-corrected chi connectivity index (χ1v) is 6.78. The summed E-state index contributed by atoms with van der Waals surface area (Å²) in [7, 11) is 0. The number of carbonyl (C=O) groups excluding carboxylic acids is 1. The highest BCUT2D eigenvalue weighted by atomic mass is 16.5. The topological polar surface area (TPSA) is 91.2 Å². The standard InChI is InChI=1S/C13H23N3O3/c1-4-18-13(17)12-15-11(19-16-12)6-5-10(7-8-14)9(2)3/h9-10H,4-8,14H2,1-3H3. The molecule has 19 heavy (non-hydrogen) atoms. The lowest BCUT2D eigenvalue weighted by atomic mass is 9.88. The first kappa shape index (κ1) is 15.6. The highest BCUT2D eigenvalue weighted by molar-refractivity contribution is 5.84. The minimum atomic E-state index is -0.542. The Balaban J connectivity index is 2.51. The molecule has 1 unspecified atom stereocenters. The average molecular weight is 269 g/mol. The summed E-state index contributed by atoms with van der Waals surface area (Å²) in [5, 5.41) is 3.62. The maximum Gasteiger partial charge on any atom is 0.379 e. The van der Waals surface area contributed by atoms with E-state index in [1.54, 1.807) is 6.92 Å². The zero-order valence-electron chi connectivity index (χ0n) is 11.9. The van der Waals surface area contributed by atoms with Gasteiger partial charge in [-0.15, -0.1) is 0 Å². The third kappa shape index (κ3) is 4.98. The average Bonchev–Trinajstić information content (AvgIpc) is 2.83. The van der Waals surface area contributed by atoms with Crippen LogP contribution < -0.4 is 5.73 Å². The summed E-state index contributed by atoms with van der Waals surface area (Å²) in [5.74, 6) is 1.03. The highest BCUT2D eigenvalue weighted by Gasteiger charge is 2.18. The summed E-state index contributed by atoms with van der Waals surface area (Å²) in [4.78, 5) is 15.4. The molecule has 1 aromatic heterocycles. The van der Waals surface area contributed by atoms with Gasteiger partial charge in [-0.25, -0.2) is 4.79 Å². The summed E-state index contributed by atoms with van der Waals surface area (Å²) in [5.41, 5.74) is 5.60. The Bertz CT molecular complexity index is 390. The molecule has 0 radical (unpaired) electrons. The monoisotopic (exact) mass is 269 g/mol. The Morgan fingerprint density at radius 2 is 2.16 bits per heavy atom. The summed E-state index contributed by atoms with van der Waals surface area (Å²) >= 11 is 0. The molecule has 0 aliphatic carbocycles. The van der Waals surface area contributed by atoms with Crippen LogP contribution in [0.15, 0.2) is 4.52 Å². The fourth-order valence-corrected chi connectivity index (χ4v) is 1.97. The molecule has 0 aromatic carbocycles. The molecule has 0 spiro atoms. The highest BCUT2D eigenvalue weighted by Crippen LogP contribution is 2.20. The molecular weight excluding hydrogens is 246 g/mol. The number of aromatic nitrogens is 2. The van der Waals surface area contributed by atoms with Crippen LogP contribution in [-0.2, 0) is 11.2 Å². The van der Waals surface area contributed by atoms with Crippen LogP contribution in [0, 0.1) is 11.8 Å². The van der Waals surface area contributed by atoms with Crippen LogP contribution >= 0.6 is 0 Å². The number of hydrogen-bond acceptors (Lipinski definition) is 6. The molecule has 0 amide bonds. The smallest absolute Gasteiger partial charge is 0.379 e. The number of carbonyl (C=O) groups is 1. The third-order valence-corrected chi connectivity index (χ3v) is 3.14. The molecule has 2 N–H and O–H groups in total. The van der Waals surface area contributed by atoms with Gasteiger partial charge in [0.25, 0.3) is 5.82 Å². The molecule has 0 saturated heterocycles. The number of rotatable bonds is 8. The van der Waals surface area contributed by atoms with Crippen molar-refractivity contribution in [2.24, 2.45) is 17.6 Å². The van der Waals surface area contributed by atoms with Gasteiger partial charge in [0.2, 0.25) is 5.89 Å². The molecule has 6 heteroatoms. The van der Waals surface area contributed by atoms with Crippen molar-refractivity contribution in [2.45, 2.75) is 40.0 Å². The number of aryl methyl sites for hydroxylation is 1. The Kier molecular flexibility index (Phi) is 6.49. The van der Waals surface area contributed by atoms with Crippen molar-refractivity contribution in [2.75, 3.05) is 13.2 Å². The van der Waals surface area contributed by atoms with Crippen molar-refractivity contribution >= 4 is 5.97 Å². The molecule has 0 aliphatic heterocycles. The van der Waals surface area contributed by atoms with Crippen molar-refractivity contribution < 1.29 is 14.1 Å². The SMILES string of the molecule is CCOC(=O)c1noc(CCC(CCN)C(C)C)n1. The van der Waals surface area contributed by atoms with E-state index in [2.05, 4.69) is 24.0 Å². The van der Waals surface area contributed by atoms with Gasteiger partial charge >= 0.3 is 5.97 Å². The first-order chi connectivity index (χ1) is 9.08. The number of nitrogens with zero attached hydrogens (tertiary/aromatic N) is 2. The maximum atomic E-state index is 11.4. The van der Waals surface area contributed by atoms with Crippen LogP contribution in [0.4, 0.5) is 0 Å². The zero-order chi connectivity index (χ0) is 14.3. The molecular formula is C13H23N3O3. The van der Waals surface area contributed by atoms with Crippen LogP contribution in [0.3, 0.4) is 0 Å². The van der Waals surface area contributed by atoms with Gasteiger partial charge in [-0.2, -0.15) is 4.98 Å². The van der Waals surface area contributed by atoms with Crippen LogP contribution in [0.5, 0.6) is 0 Å². The van der Waals surface area contributed by atoms with Gasteiger partial charge < -0.3 is 15.0 Å². The lowest BCUT2D eigenvalue weighted by Crippen LogP contribution is -2.15. The van der Waals surface area contributed by atoms with Crippen LogP contribution in [0.1, 0.15) is 50.1 Å². The van der Waals surface area contributed by atoms with E-state index < -0.39 is 5.97 Å². The van der Waals surface area contributed by atoms with E-state index in [0.717, 1.165) is 12.8 Å². The predicted molar refractivity (Wildman–Crippen MR) is 70.6 cm³/mol. The molecule has 0 bridgehead atoms. The van der Waals surface area contributed by atoms with Crippen LogP contribution in [0.2, 0.25) is 0 Å². The summed E-state index contributed by atoms with van der Waals surface area (Å²) in [6.07, 6.45) is 2.57. The van der Waals surface area contributed by atoms with E-state index in [0.29, 0.717) is 37.3 Å². The van der Waals surface area contributed by atoms with E-state index in [1.807, 2.05) is 0 Å². The number of esters is 1. The first-order valence-electron chi connectivity index (χ1n) is 6.78. The van der Waals surface area contributed by atoms with Gasteiger partial charge in [-0.05, 0) is 43.3 Å². The lowest BCUT2D eigenvalue weighted by molar-refractivity contribution is 0.0508. The second-order valence-electron chi connectivity index (χ2n) is 4.85. The quantitative estimate of drug-likeness (QED) is 0.723. The lowest BCUT2D eigenvalue weighted by Gasteiger charge is -2.18. The van der Waals surface area contributed by atoms with Crippen LogP contribution in [-0.4, -0.2) is 29.3 Å². The van der Waals surface area contributed by atoms with E-state index in [4.69, 9.17) is 15.0 Å². The van der Waals surface area contributed by atoms with Gasteiger partial charge in [-0.3, -0.25) is 0 Å². The molecule has 1 atom stereocenters. The molecule has 1 heterocycles. The molecule has 0 saturated carbocycles. The van der Waals surface area contributed by atoms with Gasteiger partial charge in [0.15, 0.2) is 0 Å². The predicted octanol–water partition coefficient (Wildman–Crippen LogP) is 1.80. The molecule has 0 fully saturated rings. The summed E-state index contributed by atoms with van der Waals surface area (Å²) in [6, 6.07) is 0. The van der Waals surface area contributed by atoms with Crippen molar-refractivity contribution in [1.82, 2.24) is 10.1 Å². The summed E-state index contributed by atoms with van der Waals surface area (Å²) < 4.78 is 9.85. The van der Waals surface area contributed by atoms with Crippen molar-refractivity contribution in [1.29, 1.82) is 0 Å². The van der Waals surface area contributed by atoms with Gasteiger partial charge in [-0.1, -0.05) is 13.8 Å². The van der Waals surface area contributed by atoms with Gasteiger partial charge in [0.1, 0.15) is 0 Å². The second kappa shape index (κ2) is 7.89. The Morgan fingerprint density at radius 1 is 1.42 bits per heavy atom. The zero-order valence-corrected chi connectivity index (χ0v) is 11.9. The Labute approximate surface area is 113 Å². The third-order valence-electron chi connectivity index (χ3n) is 3.14. The minimum Gasteiger partial charge on any atom is -0.460 e. The Morgan fingerprint density at radius 3 is 2.74 bits per heavy atom. The van der Waals surface area contributed by atoms with Gasteiger partial charge in [0, 0.05) is 6.42 Å². The van der Waals surface area contributed by atoms with Gasteiger partial charge in [0.05, 0.1) is 6.61 Å². The number of hydrogen-bond donors (Lipinski definition) is 1. The summed E-state index contributed by atoms with van der Waals surface area (Å²) in [6.45, 7) is 7.07. The Hall–Kier alpha value is -1.43. The molecule has 6 nitrogen and oxygen atoms in total. The maximum absolute atomic E-state index is 11.4. The van der Waals surface area contributed by atoms with E-state index in [-0.39, 0.29) is 5.82 Å². The number of ether oxygens (including phenoxy) is 1. The van der Waals surface area contributed by atoms with Crippen LogP contribution in [0.25, 0.3) is 0 Å². The van der Waals surface area contributed by atoms with E-state index in [1.165, 1.54) is 0 Å². The van der Waals surface area contributed by atoms with Crippen molar-refractivity contribution in [3.05, 3.63) is 11.7 Å². The fraction of sp³-hybridized carbons (Fsp3) is 0.769. The molecule has 108 valence electrons. The fourth-order valence-electron chi connectivity index (χ4n) is 1.97. The second-order valence-corrected chi connectivity index (χ2v) is 4.85. The normalized spacial score (nSPS) is 12.7.